The zero-order valence-electron chi connectivity index (χ0n) is 18.4. The molecule has 2 atom stereocenters. The summed E-state index contributed by atoms with van der Waals surface area (Å²) in [5.41, 5.74) is 1.30. The van der Waals surface area contributed by atoms with E-state index in [0.29, 0.717) is 22.9 Å². The number of amides is 2. The number of hydrogen-bond acceptors (Lipinski definition) is 8. The van der Waals surface area contributed by atoms with Gasteiger partial charge in [0.15, 0.2) is 10.9 Å². The number of thiophene rings is 1. The van der Waals surface area contributed by atoms with E-state index in [4.69, 9.17) is 4.42 Å². The van der Waals surface area contributed by atoms with Gasteiger partial charge in [0, 0.05) is 35.1 Å². The molecule has 7 nitrogen and oxygen atoms in total. The number of anilines is 1. The fourth-order valence-corrected chi connectivity index (χ4v) is 6.02. The van der Waals surface area contributed by atoms with Crippen LogP contribution in [0.15, 0.2) is 57.6 Å². The summed E-state index contributed by atoms with van der Waals surface area (Å²) in [5.74, 6) is -0.245. The van der Waals surface area contributed by atoms with Crippen molar-refractivity contribution in [3.8, 4) is 11.5 Å². The molecule has 2 unspecified atom stereocenters. The molecule has 0 aliphatic carbocycles. The first-order chi connectivity index (χ1) is 15.9. The van der Waals surface area contributed by atoms with Crippen LogP contribution in [0.5, 0.6) is 0 Å². The molecule has 2 amide bonds. The zero-order chi connectivity index (χ0) is 23.5. The van der Waals surface area contributed by atoms with Gasteiger partial charge in [-0.25, -0.2) is 9.88 Å². The van der Waals surface area contributed by atoms with Crippen molar-refractivity contribution in [1.29, 1.82) is 0 Å². The monoisotopic (exact) mass is 501 g/mol. The maximum atomic E-state index is 13.3. The van der Waals surface area contributed by atoms with Crippen LogP contribution in [0.25, 0.3) is 22.4 Å². The molecule has 0 radical (unpaired) electrons. The summed E-state index contributed by atoms with van der Waals surface area (Å²) in [6.07, 6.45) is 1.61. The highest BCUT2D eigenvalue weighted by molar-refractivity contribution is 7.88. The van der Waals surface area contributed by atoms with Crippen molar-refractivity contribution < 1.29 is 18.6 Å². The van der Waals surface area contributed by atoms with Crippen LogP contribution in [0.2, 0.25) is 0 Å². The first-order valence-corrected chi connectivity index (χ1v) is 13.6. The summed E-state index contributed by atoms with van der Waals surface area (Å²) in [4.78, 5) is 32.8. The molecular weight excluding hydrogens is 478 g/mol. The van der Waals surface area contributed by atoms with Crippen molar-refractivity contribution in [2.45, 2.75) is 26.3 Å². The van der Waals surface area contributed by atoms with Crippen molar-refractivity contribution in [1.82, 2.24) is 9.29 Å². The minimum absolute atomic E-state index is 0.0318. The van der Waals surface area contributed by atoms with E-state index in [1.54, 1.807) is 33.5 Å². The van der Waals surface area contributed by atoms with Gasteiger partial charge < -0.3 is 8.97 Å². The molecule has 33 heavy (non-hydrogen) atoms. The normalized spacial score (nSPS) is 13.4. The molecule has 3 heterocycles. The maximum Gasteiger partial charge on any atom is 0.276 e. The Hall–Kier alpha value is -2.50. The molecule has 0 saturated carbocycles. The smallest absolute Gasteiger partial charge is 0.276 e. The molecule has 0 aliphatic heterocycles. The summed E-state index contributed by atoms with van der Waals surface area (Å²) < 4.78 is 19.6. The Morgan fingerprint density at radius 3 is 2.67 bits per heavy atom. The Labute approximate surface area is 203 Å². The number of aromatic nitrogens is 1. The Morgan fingerprint density at radius 1 is 1.21 bits per heavy atom. The molecule has 0 saturated heterocycles. The predicted molar refractivity (Wildman–Crippen MR) is 134 cm³/mol. The molecule has 4 aromatic rings. The van der Waals surface area contributed by atoms with Crippen molar-refractivity contribution in [2.75, 3.05) is 17.7 Å². The zero-order valence-corrected chi connectivity index (χ0v) is 20.8. The lowest BCUT2D eigenvalue weighted by Crippen LogP contribution is -2.43. The largest absolute Gasteiger partial charge is 0.598 e. The van der Waals surface area contributed by atoms with Crippen molar-refractivity contribution >= 4 is 62.0 Å². The Bertz CT molecular complexity index is 1220. The van der Waals surface area contributed by atoms with Crippen LogP contribution in [-0.2, 0) is 16.2 Å². The second kappa shape index (κ2) is 10.2. The molecule has 0 aliphatic rings. The van der Waals surface area contributed by atoms with Gasteiger partial charge in [0.05, 0.1) is 10.9 Å². The van der Waals surface area contributed by atoms with Gasteiger partial charge >= 0.3 is 0 Å². The molecule has 1 aromatic carbocycles. The number of hydrogen-bond donors (Lipinski definition) is 0. The summed E-state index contributed by atoms with van der Waals surface area (Å²) >= 11 is 1.25. The Kier molecular flexibility index (Phi) is 7.30. The van der Waals surface area contributed by atoms with Gasteiger partial charge in [-0.3, -0.25) is 9.59 Å². The van der Waals surface area contributed by atoms with Crippen LogP contribution in [0.4, 0.5) is 5.13 Å². The third-order valence-corrected chi connectivity index (χ3v) is 8.11. The molecule has 4 rings (SSSR count). The highest BCUT2D eigenvalue weighted by Gasteiger charge is 2.32. The summed E-state index contributed by atoms with van der Waals surface area (Å²) in [6, 6.07) is 12.7. The second-order valence-electron chi connectivity index (χ2n) is 7.39. The van der Waals surface area contributed by atoms with Crippen LogP contribution in [-0.4, -0.2) is 44.5 Å². The number of rotatable bonds is 8. The van der Waals surface area contributed by atoms with E-state index >= 15 is 0 Å². The number of carbonyl (C=O) groups is 2. The number of fused-ring (bicyclic) bond motifs is 1. The van der Waals surface area contributed by atoms with Gasteiger partial charge in [-0.2, -0.15) is 0 Å². The molecular formula is C23H23N3O4S3. The highest BCUT2D eigenvalue weighted by atomic mass is 32.2. The van der Waals surface area contributed by atoms with Gasteiger partial charge in [0.1, 0.15) is 17.5 Å². The van der Waals surface area contributed by atoms with E-state index in [2.05, 4.69) is 4.98 Å². The van der Waals surface area contributed by atoms with E-state index in [1.165, 1.54) is 22.7 Å². The van der Waals surface area contributed by atoms with Crippen LogP contribution in [0, 0.1) is 0 Å². The van der Waals surface area contributed by atoms with Crippen LogP contribution in [0.1, 0.15) is 29.9 Å². The summed E-state index contributed by atoms with van der Waals surface area (Å²) in [7, 11) is 0. The third kappa shape index (κ3) is 5.04. The molecule has 0 spiro atoms. The molecule has 10 heteroatoms. The first kappa shape index (κ1) is 23.7. The fraction of sp³-hybridized carbons (Fsp3) is 0.261. The minimum Gasteiger partial charge on any atom is -0.598 e. The van der Waals surface area contributed by atoms with Gasteiger partial charge in [-0.15, -0.1) is 27.0 Å². The van der Waals surface area contributed by atoms with Gasteiger partial charge in [-0.05, 0) is 37.4 Å². The van der Waals surface area contributed by atoms with Crippen molar-refractivity contribution in [3.63, 3.8) is 0 Å². The van der Waals surface area contributed by atoms with Crippen LogP contribution in [0.3, 0.4) is 0 Å². The van der Waals surface area contributed by atoms with E-state index in [9.17, 15) is 14.1 Å². The summed E-state index contributed by atoms with van der Waals surface area (Å²) in [5, 5.41) is 4.80. The lowest BCUT2D eigenvalue weighted by atomic mass is 10.2. The number of nitrogens with zero attached hydrogens (tertiary/aromatic N) is 3. The van der Waals surface area contributed by atoms with E-state index < -0.39 is 23.2 Å². The SMILES string of the molecule is CCN(C(C)CC(=O)N(C(=O)c1cccs1)c1nc(-c2cc3ccccc3o2)cs1)[S+](C)[O-]. The number of imide groups is 1. The molecule has 3 aromatic heterocycles. The first-order valence-electron chi connectivity index (χ1n) is 10.3. The number of thiazole rings is 1. The van der Waals surface area contributed by atoms with Gasteiger partial charge in [0.25, 0.3) is 5.91 Å². The average Bonchev–Trinajstić information content (AvgIpc) is 3.53. The average molecular weight is 502 g/mol. The van der Waals surface area contributed by atoms with E-state index in [0.717, 1.165) is 15.9 Å². The summed E-state index contributed by atoms with van der Waals surface area (Å²) in [6.45, 7) is 4.25. The maximum absolute atomic E-state index is 13.3. The van der Waals surface area contributed by atoms with Crippen LogP contribution >= 0.6 is 22.7 Å². The van der Waals surface area contributed by atoms with Crippen molar-refractivity contribution in [2.24, 2.45) is 0 Å². The van der Waals surface area contributed by atoms with Crippen LogP contribution < -0.4 is 4.90 Å². The molecule has 0 N–H and O–H groups in total. The van der Waals surface area contributed by atoms with Gasteiger partial charge in [0.2, 0.25) is 5.91 Å². The number of carbonyl (C=O) groups excluding carboxylic acids is 2. The molecule has 172 valence electrons. The van der Waals surface area contributed by atoms with Gasteiger partial charge in [-0.1, -0.05) is 24.3 Å². The number of benzene rings is 1. The lowest BCUT2D eigenvalue weighted by Gasteiger charge is -2.27. The number of furan rings is 1. The molecule has 0 bridgehead atoms. The minimum atomic E-state index is -1.22. The molecule has 0 fully saturated rings. The Balaban J connectivity index is 1.65. The van der Waals surface area contributed by atoms with E-state index in [1.807, 2.05) is 44.2 Å². The lowest BCUT2D eigenvalue weighted by molar-refractivity contribution is -0.118. The third-order valence-electron chi connectivity index (χ3n) is 5.15. The topological polar surface area (TPSA) is 89.7 Å². The predicted octanol–water partition coefficient (Wildman–Crippen LogP) is 5.19. The Morgan fingerprint density at radius 2 is 2.00 bits per heavy atom. The quantitative estimate of drug-likeness (QED) is 0.309. The standard InChI is InChI=1S/C23H23N3O4S3/c1-4-25(33(3)29)15(2)12-21(27)26(22(28)20-10-7-11-31-20)23-24-17(14-32-23)19-13-16-8-5-6-9-18(16)30-19/h5-11,13-15H,4,12H2,1-3H3. The number of para-hydroxylation sites is 1. The second-order valence-corrected chi connectivity index (χ2v) is 10.5. The van der Waals surface area contributed by atoms with Crippen molar-refractivity contribution in [3.05, 3.63) is 58.1 Å². The van der Waals surface area contributed by atoms with E-state index in [-0.39, 0.29) is 17.6 Å². The highest BCUT2D eigenvalue weighted by Crippen LogP contribution is 2.33. The fourth-order valence-electron chi connectivity index (χ4n) is 3.60.